The molecule has 4 rings (SSSR count). The van der Waals surface area contributed by atoms with Gasteiger partial charge < -0.3 is 10.6 Å². The topological polar surface area (TPSA) is 93.1 Å². The summed E-state index contributed by atoms with van der Waals surface area (Å²) in [7, 11) is -3.93. The summed E-state index contributed by atoms with van der Waals surface area (Å²) in [6.07, 6.45) is 0.152. The first-order chi connectivity index (χ1) is 13.4. The van der Waals surface area contributed by atoms with Crippen LogP contribution in [0.2, 0.25) is 0 Å². The lowest BCUT2D eigenvalue weighted by Crippen LogP contribution is -2.23. The molecule has 2 aromatic carbocycles. The molecule has 28 heavy (non-hydrogen) atoms. The molecule has 0 atom stereocenters. The Kier molecular flexibility index (Phi) is 4.74. The van der Waals surface area contributed by atoms with E-state index in [-0.39, 0.29) is 23.0 Å². The van der Waals surface area contributed by atoms with Gasteiger partial charge >= 0.3 is 0 Å². The molecule has 8 heteroatoms. The Morgan fingerprint density at radius 3 is 2.68 bits per heavy atom. The van der Waals surface area contributed by atoms with Gasteiger partial charge in [0.2, 0.25) is 5.91 Å². The Morgan fingerprint density at radius 1 is 1.14 bits per heavy atom. The molecule has 1 aliphatic rings. The van der Waals surface area contributed by atoms with Gasteiger partial charge in [0, 0.05) is 18.7 Å². The second kappa shape index (κ2) is 7.21. The third kappa shape index (κ3) is 3.44. The first kappa shape index (κ1) is 18.4. The van der Waals surface area contributed by atoms with Gasteiger partial charge in [-0.15, -0.1) is 4.09 Å². The van der Waals surface area contributed by atoms with Crippen molar-refractivity contribution in [2.45, 2.75) is 31.3 Å². The number of benzene rings is 2. The van der Waals surface area contributed by atoms with E-state index in [4.69, 9.17) is 0 Å². The molecule has 144 valence electrons. The number of rotatable bonds is 5. The van der Waals surface area contributed by atoms with E-state index in [2.05, 4.69) is 15.7 Å². The molecular formula is C20H20N4O3S. The van der Waals surface area contributed by atoms with Gasteiger partial charge in [0.1, 0.15) is 0 Å². The second-order valence-corrected chi connectivity index (χ2v) is 8.52. The Hall–Kier alpha value is -2.97. The van der Waals surface area contributed by atoms with Crippen LogP contribution in [0.5, 0.6) is 0 Å². The third-order valence-corrected chi connectivity index (χ3v) is 6.18. The number of anilines is 1. The number of hydrogen-bond donors (Lipinski definition) is 2. The van der Waals surface area contributed by atoms with Crippen LogP contribution in [0.15, 0.2) is 59.5 Å². The number of carbonyl (C=O) groups excluding carboxylic acids is 1. The molecule has 0 bridgehead atoms. The Morgan fingerprint density at radius 2 is 1.93 bits per heavy atom. The van der Waals surface area contributed by atoms with Crippen molar-refractivity contribution in [1.29, 1.82) is 0 Å². The highest BCUT2D eigenvalue weighted by atomic mass is 32.2. The highest BCUT2D eigenvalue weighted by Gasteiger charge is 2.30. The van der Waals surface area contributed by atoms with Crippen LogP contribution in [-0.4, -0.2) is 23.5 Å². The van der Waals surface area contributed by atoms with E-state index in [9.17, 15) is 13.2 Å². The Bertz CT molecular complexity index is 1140. The number of aryl methyl sites for hydroxylation is 1. The summed E-state index contributed by atoms with van der Waals surface area (Å²) in [5, 5.41) is 10.2. The summed E-state index contributed by atoms with van der Waals surface area (Å²) in [5.74, 6) is -0.0797. The van der Waals surface area contributed by atoms with E-state index in [1.807, 2.05) is 43.3 Å². The summed E-state index contributed by atoms with van der Waals surface area (Å²) in [5.41, 5.74) is 3.02. The molecule has 7 nitrogen and oxygen atoms in total. The monoisotopic (exact) mass is 396 g/mol. The fourth-order valence-electron chi connectivity index (χ4n) is 3.24. The zero-order valence-corrected chi connectivity index (χ0v) is 16.2. The van der Waals surface area contributed by atoms with Crippen LogP contribution < -0.4 is 10.6 Å². The largest absolute Gasteiger partial charge is 0.309 e. The molecule has 1 aliphatic heterocycles. The van der Waals surface area contributed by atoms with E-state index >= 15 is 0 Å². The minimum absolute atomic E-state index is 0.139. The van der Waals surface area contributed by atoms with Crippen molar-refractivity contribution in [2.24, 2.45) is 0 Å². The van der Waals surface area contributed by atoms with E-state index < -0.39 is 10.0 Å². The van der Waals surface area contributed by atoms with Gasteiger partial charge in [0.05, 0.1) is 17.0 Å². The number of carbonyl (C=O) groups is 1. The van der Waals surface area contributed by atoms with E-state index in [1.54, 1.807) is 12.1 Å². The Labute approximate surface area is 163 Å². The first-order valence-corrected chi connectivity index (χ1v) is 10.4. The van der Waals surface area contributed by atoms with E-state index in [0.717, 1.165) is 15.2 Å². The standard InChI is InChI=1S/C20H20N4O3S/c1-14-6-5-9-16(10-14)28(26,27)24-20(17-12-21-13-18(17)23-24)22-19(25)11-15-7-3-2-4-8-15/h2-10,21H,11-13H2,1H3,(H,22,25). The normalized spacial score (nSPS) is 13.3. The van der Waals surface area contributed by atoms with E-state index in [0.29, 0.717) is 24.3 Å². The molecule has 0 saturated heterocycles. The molecule has 2 heterocycles. The maximum Gasteiger partial charge on any atom is 0.284 e. The van der Waals surface area contributed by atoms with Gasteiger partial charge in [0.25, 0.3) is 10.0 Å². The second-order valence-electron chi connectivity index (χ2n) is 6.75. The van der Waals surface area contributed by atoms with Crippen molar-refractivity contribution in [3.8, 4) is 0 Å². The molecule has 0 saturated carbocycles. The van der Waals surface area contributed by atoms with Gasteiger partial charge in [0.15, 0.2) is 5.82 Å². The van der Waals surface area contributed by atoms with Crippen molar-refractivity contribution in [3.05, 3.63) is 77.0 Å². The minimum Gasteiger partial charge on any atom is -0.309 e. The van der Waals surface area contributed by atoms with Crippen LogP contribution >= 0.6 is 0 Å². The molecule has 3 aromatic rings. The van der Waals surface area contributed by atoms with Crippen molar-refractivity contribution >= 4 is 21.7 Å². The number of nitrogens with one attached hydrogen (secondary N) is 2. The molecule has 0 aliphatic carbocycles. The highest BCUT2D eigenvalue weighted by molar-refractivity contribution is 7.90. The first-order valence-electron chi connectivity index (χ1n) is 8.92. The molecule has 0 spiro atoms. The van der Waals surface area contributed by atoms with Gasteiger partial charge in [-0.1, -0.05) is 42.5 Å². The maximum atomic E-state index is 13.2. The van der Waals surface area contributed by atoms with Crippen LogP contribution in [0.3, 0.4) is 0 Å². The SMILES string of the molecule is Cc1cccc(S(=O)(=O)n2nc3c(c2NC(=O)Cc2ccccc2)CNC3)c1. The van der Waals surface area contributed by atoms with Crippen LogP contribution in [-0.2, 0) is 34.3 Å². The predicted octanol–water partition coefficient (Wildman–Crippen LogP) is 2.21. The summed E-state index contributed by atoms with van der Waals surface area (Å²) in [4.78, 5) is 12.7. The third-order valence-electron chi connectivity index (χ3n) is 4.61. The highest BCUT2D eigenvalue weighted by Crippen LogP contribution is 2.28. The van der Waals surface area contributed by atoms with Crippen LogP contribution in [0, 0.1) is 6.92 Å². The van der Waals surface area contributed by atoms with Crippen molar-refractivity contribution in [1.82, 2.24) is 14.5 Å². The van der Waals surface area contributed by atoms with Gasteiger partial charge in [-0.25, -0.2) is 0 Å². The van der Waals surface area contributed by atoms with Gasteiger partial charge in [-0.2, -0.15) is 13.5 Å². The van der Waals surface area contributed by atoms with Gasteiger partial charge in [-0.3, -0.25) is 4.79 Å². The lowest BCUT2D eigenvalue weighted by molar-refractivity contribution is -0.115. The Balaban J connectivity index is 1.71. The number of fused-ring (bicyclic) bond motifs is 1. The molecule has 1 amide bonds. The maximum absolute atomic E-state index is 13.2. The summed E-state index contributed by atoms with van der Waals surface area (Å²) in [6.45, 7) is 2.75. The van der Waals surface area contributed by atoms with Crippen LogP contribution in [0.4, 0.5) is 5.82 Å². The average Bonchev–Trinajstić information content (AvgIpc) is 3.25. The average molecular weight is 396 g/mol. The zero-order chi connectivity index (χ0) is 19.7. The molecule has 0 radical (unpaired) electrons. The summed E-state index contributed by atoms with van der Waals surface area (Å²) >= 11 is 0. The molecule has 1 aromatic heterocycles. The molecular weight excluding hydrogens is 376 g/mol. The van der Waals surface area contributed by atoms with Crippen LogP contribution in [0.25, 0.3) is 0 Å². The summed E-state index contributed by atoms with van der Waals surface area (Å²) < 4.78 is 27.3. The molecule has 0 fully saturated rings. The van der Waals surface area contributed by atoms with Crippen LogP contribution in [0.1, 0.15) is 22.4 Å². The fraction of sp³-hybridized carbons (Fsp3) is 0.200. The number of aromatic nitrogens is 2. The van der Waals surface area contributed by atoms with Gasteiger partial charge in [-0.05, 0) is 30.2 Å². The zero-order valence-electron chi connectivity index (χ0n) is 15.3. The van der Waals surface area contributed by atoms with Crippen molar-refractivity contribution < 1.29 is 13.2 Å². The molecule has 0 unspecified atom stereocenters. The smallest absolute Gasteiger partial charge is 0.284 e. The summed E-state index contributed by atoms with van der Waals surface area (Å²) in [6, 6.07) is 15.9. The number of hydrogen-bond acceptors (Lipinski definition) is 5. The lowest BCUT2D eigenvalue weighted by Gasteiger charge is -2.12. The van der Waals surface area contributed by atoms with Crippen molar-refractivity contribution in [3.63, 3.8) is 0 Å². The quantitative estimate of drug-likeness (QED) is 0.690. The fourth-order valence-corrected chi connectivity index (χ4v) is 4.62. The lowest BCUT2D eigenvalue weighted by atomic mass is 10.1. The minimum atomic E-state index is -3.93. The number of amides is 1. The number of nitrogens with zero attached hydrogens (tertiary/aromatic N) is 2. The van der Waals surface area contributed by atoms with E-state index in [1.165, 1.54) is 6.07 Å². The van der Waals surface area contributed by atoms with Crippen molar-refractivity contribution in [2.75, 3.05) is 5.32 Å². The molecule has 2 N–H and O–H groups in total. The predicted molar refractivity (Wildman–Crippen MR) is 105 cm³/mol.